The Morgan fingerprint density at radius 1 is 1.42 bits per heavy atom. The van der Waals surface area contributed by atoms with Gasteiger partial charge in [0.05, 0.1) is 19.1 Å². The molecular formula is C14H20N4O. The summed E-state index contributed by atoms with van der Waals surface area (Å²) in [4.78, 5) is 8.52. The molecule has 2 heterocycles. The van der Waals surface area contributed by atoms with E-state index >= 15 is 0 Å². The van der Waals surface area contributed by atoms with Gasteiger partial charge in [-0.15, -0.1) is 0 Å². The Bertz CT molecular complexity index is 510. The fourth-order valence-electron chi connectivity index (χ4n) is 1.97. The highest BCUT2D eigenvalue weighted by Gasteiger charge is 2.05. The van der Waals surface area contributed by atoms with Crippen molar-refractivity contribution in [3.63, 3.8) is 0 Å². The van der Waals surface area contributed by atoms with Crippen molar-refractivity contribution >= 4 is 0 Å². The van der Waals surface area contributed by atoms with Crippen molar-refractivity contribution in [2.24, 2.45) is 0 Å². The third-order valence-electron chi connectivity index (χ3n) is 2.89. The molecule has 5 nitrogen and oxygen atoms in total. The predicted octanol–water partition coefficient (Wildman–Crippen LogP) is 1.77. The maximum Gasteiger partial charge on any atom is 0.122 e. The highest BCUT2D eigenvalue weighted by molar-refractivity contribution is 5.26. The van der Waals surface area contributed by atoms with E-state index in [1.807, 2.05) is 31.6 Å². The molecule has 0 bridgehead atoms. The molecule has 0 aliphatic rings. The number of nitrogens with zero attached hydrogens (tertiary/aromatic N) is 3. The monoisotopic (exact) mass is 260 g/mol. The number of hydrogen-bond acceptors (Lipinski definition) is 4. The molecule has 0 saturated carbocycles. The predicted molar refractivity (Wildman–Crippen MR) is 74.1 cm³/mol. The number of pyridine rings is 1. The van der Waals surface area contributed by atoms with E-state index in [1.54, 1.807) is 13.3 Å². The van der Waals surface area contributed by atoms with Crippen molar-refractivity contribution in [3.8, 4) is 5.75 Å². The summed E-state index contributed by atoms with van der Waals surface area (Å²) in [6.07, 6.45) is 5.58. The van der Waals surface area contributed by atoms with E-state index in [0.717, 1.165) is 30.2 Å². The van der Waals surface area contributed by atoms with Crippen molar-refractivity contribution in [2.45, 2.75) is 33.0 Å². The van der Waals surface area contributed by atoms with Gasteiger partial charge < -0.3 is 14.6 Å². The van der Waals surface area contributed by atoms with Crippen molar-refractivity contribution in [2.75, 3.05) is 7.11 Å². The van der Waals surface area contributed by atoms with Crippen LogP contribution in [0.2, 0.25) is 0 Å². The van der Waals surface area contributed by atoms with Crippen LogP contribution in [-0.4, -0.2) is 27.7 Å². The van der Waals surface area contributed by atoms with Gasteiger partial charge in [0.1, 0.15) is 5.75 Å². The lowest BCUT2D eigenvalue weighted by molar-refractivity contribution is 0.411. The van der Waals surface area contributed by atoms with E-state index in [9.17, 15) is 0 Å². The molecule has 0 amide bonds. The first kappa shape index (κ1) is 13.5. The van der Waals surface area contributed by atoms with Gasteiger partial charge in [0.15, 0.2) is 0 Å². The van der Waals surface area contributed by atoms with Gasteiger partial charge >= 0.3 is 0 Å². The molecule has 2 aromatic heterocycles. The molecule has 0 aromatic carbocycles. The van der Waals surface area contributed by atoms with Crippen LogP contribution in [-0.2, 0) is 13.1 Å². The quantitative estimate of drug-likeness (QED) is 0.860. The molecule has 0 aliphatic heterocycles. The Labute approximate surface area is 113 Å². The molecule has 1 atom stereocenters. The number of nitrogens with one attached hydrogen (secondary N) is 1. The maximum atomic E-state index is 5.25. The normalized spacial score (nSPS) is 12.4. The van der Waals surface area contributed by atoms with Crippen molar-refractivity contribution in [1.82, 2.24) is 19.9 Å². The summed E-state index contributed by atoms with van der Waals surface area (Å²) < 4.78 is 7.31. The highest BCUT2D eigenvalue weighted by Crippen LogP contribution is 2.13. The molecule has 2 aromatic rings. The van der Waals surface area contributed by atoms with Gasteiger partial charge in [0.25, 0.3) is 0 Å². The molecule has 0 saturated heterocycles. The van der Waals surface area contributed by atoms with Gasteiger partial charge in [0, 0.05) is 49.4 Å². The second kappa shape index (κ2) is 6.33. The standard InChI is InChI=1S/C14H20N4O/c1-11-6-14(19-3)7-13(17-11)8-16-12(2)9-18-5-4-15-10-18/h4-7,10,12,16H,8-9H2,1-3H3. The molecule has 0 spiro atoms. The number of aromatic nitrogens is 3. The second-order valence-corrected chi connectivity index (χ2v) is 4.68. The van der Waals surface area contributed by atoms with Gasteiger partial charge in [-0.25, -0.2) is 4.98 Å². The van der Waals surface area contributed by atoms with Gasteiger partial charge in [-0.3, -0.25) is 4.98 Å². The maximum absolute atomic E-state index is 5.25. The lowest BCUT2D eigenvalue weighted by Crippen LogP contribution is -2.30. The summed E-state index contributed by atoms with van der Waals surface area (Å²) in [5.41, 5.74) is 1.97. The third-order valence-corrected chi connectivity index (χ3v) is 2.89. The Morgan fingerprint density at radius 2 is 2.26 bits per heavy atom. The van der Waals surface area contributed by atoms with E-state index in [2.05, 4.69) is 26.8 Å². The van der Waals surface area contributed by atoms with Gasteiger partial charge in [-0.05, 0) is 13.8 Å². The Balaban J connectivity index is 1.89. The summed E-state index contributed by atoms with van der Waals surface area (Å²) in [5, 5.41) is 3.45. The molecule has 1 unspecified atom stereocenters. The zero-order valence-electron chi connectivity index (χ0n) is 11.6. The number of rotatable bonds is 6. The molecular weight excluding hydrogens is 240 g/mol. The lowest BCUT2D eigenvalue weighted by atomic mass is 10.2. The summed E-state index contributed by atoms with van der Waals surface area (Å²) >= 11 is 0. The van der Waals surface area contributed by atoms with E-state index in [4.69, 9.17) is 4.74 Å². The van der Waals surface area contributed by atoms with Crippen LogP contribution in [0.1, 0.15) is 18.3 Å². The smallest absolute Gasteiger partial charge is 0.122 e. The van der Waals surface area contributed by atoms with Crippen LogP contribution >= 0.6 is 0 Å². The van der Waals surface area contributed by atoms with E-state index in [0.29, 0.717) is 6.04 Å². The van der Waals surface area contributed by atoms with E-state index in [1.165, 1.54) is 0 Å². The molecule has 0 radical (unpaired) electrons. The largest absolute Gasteiger partial charge is 0.497 e. The molecule has 0 fully saturated rings. The number of ether oxygens (including phenoxy) is 1. The van der Waals surface area contributed by atoms with Crippen LogP contribution in [0.25, 0.3) is 0 Å². The van der Waals surface area contributed by atoms with Gasteiger partial charge in [0.2, 0.25) is 0 Å². The fraction of sp³-hybridized carbons (Fsp3) is 0.429. The SMILES string of the molecule is COc1cc(C)nc(CNC(C)Cn2ccnc2)c1. The average molecular weight is 260 g/mol. The summed E-state index contributed by atoms with van der Waals surface area (Å²) in [6.45, 7) is 5.74. The first-order valence-electron chi connectivity index (χ1n) is 6.38. The molecule has 1 N–H and O–H groups in total. The van der Waals surface area contributed by atoms with E-state index in [-0.39, 0.29) is 0 Å². The third kappa shape index (κ3) is 4.06. The average Bonchev–Trinajstić information content (AvgIpc) is 2.88. The molecule has 102 valence electrons. The minimum absolute atomic E-state index is 0.350. The van der Waals surface area contributed by atoms with Crippen LogP contribution in [0.4, 0.5) is 0 Å². The fourth-order valence-corrected chi connectivity index (χ4v) is 1.97. The van der Waals surface area contributed by atoms with Crippen molar-refractivity contribution in [3.05, 3.63) is 42.2 Å². The zero-order valence-corrected chi connectivity index (χ0v) is 11.6. The number of methoxy groups -OCH3 is 1. The number of imidazole rings is 1. The van der Waals surface area contributed by atoms with Crippen LogP contribution in [0.5, 0.6) is 5.75 Å². The second-order valence-electron chi connectivity index (χ2n) is 4.68. The summed E-state index contributed by atoms with van der Waals surface area (Å²) in [7, 11) is 1.67. The van der Waals surface area contributed by atoms with Crippen LogP contribution in [0, 0.1) is 6.92 Å². The lowest BCUT2D eigenvalue weighted by Gasteiger charge is -2.14. The molecule has 0 aliphatic carbocycles. The molecule has 19 heavy (non-hydrogen) atoms. The summed E-state index contributed by atoms with van der Waals surface area (Å²) in [5.74, 6) is 0.853. The molecule has 2 rings (SSSR count). The minimum Gasteiger partial charge on any atom is -0.497 e. The van der Waals surface area contributed by atoms with Gasteiger partial charge in [-0.2, -0.15) is 0 Å². The Morgan fingerprint density at radius 3 is 2.95 bits per heavy atom. The van der Waals surface area contributed by atoms with Crippen molar-refractivity contribution < 1.29 is 4.74 Å². The van der Waals surface area contributed by atoms with Crippen LogP contribution in [0.3, 0.4) is 0 Å². The highest BCUT2D eigenvalue weighted by atomic mass is 16.5. The van der Waals surface area contributed by atoms with Crippen LogP contribution < -0.4 is 10.1 Å². The number of hydrogen-bond donors (Lipinski definition) is 1. The Hall–Kier alpha value is -1.88. The topological polar surface area (TPSA) is 52.0 Å². The first-order valence-corrected chi connectivity index (χ1v) is 6.38. The number of aryl methyl sites for hydroxylation is 1. The minimum atomic E-state index is 0.350. The molecule has 5 heteroatoms. The Kier molecular flexibility index (Phi) is 4.52. The van der Waals surface area contributed by atoms with Gasteiger partial charge in [-0.1, -0.05) is 0 Å². The van der Waals surface area contributed by atoms with E-state index < -0.39 is 0 Å². The zero-order chi connectivity index (χ0) is 13.7. The summed E-state index contributed by atoms with van der Waals surface area (Å²) in [6, 6.07) is 4.24. The van der Waals surface area contributed by atoms with Crippen molar-refractivity contribution in [1.29, 1.82) is 0 Å². The van der Waals surface area contributed by atoms with Crippen LogP contribution in [0.15, 0.2) is 30.9 Å². The first-order chi connectivity index (χ1) is 9.17.